The van der Waals surface area contributed by atoms with Gasteiger partial charge in [0.25, 0.3) is 0 Å². The molecule has 1 heterocycles. The quantitative estimate of drug-likeness (QED) is 0.917. The van der Waals surface area contributed by atoms with Gasteiger partial charge < -0.3 is 10.1 Å². The van der Waals surface area contributed by atoms with E-state index in [0.717, 1.165) is 5.56 Å². The second-order valence-electron chi connectivity index (χ2n) is 5.46. The summed E-state index contributed by atoms with van der Waals surface area (Å²) in [5, 5.41) is 11.7. The van der Waals surface area contributed by atoms with Crippen LogP contribution in [0.15, 0.2) is 24.3 Å². The van der Waals surface area contributed by atoms with Crippen LogP contribution in [0.5, 0.6) is 0 Å². The molecule has 0 saturated carbocycles. The molecule has 1 aromatic carbocycles. The molecule has 0 radical (unpaired) electrons. The third-order valence-corrected chi connectivity index (χ3v) is 4.09. The first-order valence-electron chi connectivity index (χ1n) is 6.95. The normalized spacial score (nSPS) is 28.9. The summed E-state index contributed by atoms with van der Waals surface area (Å²) in [5.41, 5.74) is 1.62. The lowest BCUT2D eigenvalue weighted by atomic mass is 9.89. The van der Waals surface area contributed by atoms with Crippen LogP contribution in [-0.4, -0.2) is 18.1 Å². The number of nitrogens with one attached hydrogen (secondary N) is 1. The average molecular weight is 272 g/mol. The van der Waals surface area contributed by atoms with E-state index in [4.69, 9.17) is 10.00 Å². The highest BCUT2D eigenvalue weighted by atomic mass is 16.5. The summed E-state index contributed by atoms with van der Waals surface area (Å²) in [6.07, 6.45) is 0.0802. The molecule has 20 heavy (non-hydrogen) atoms. The van der Waals surface area contributed by atoms with Crippen LogP contribution in [0.3, 0.4) is 0 Å². The van der Waals surface area contributed by atoms with E-state index in [1.807, 2.05) is 26.0 Å². The molecular weight excluding hydrogens is 252 g/mol. The van der Waals surface area contributed by atoms with Crippen molar-refractivity contribution in [3.8, 4) is 6.07 Å². The summed E-state index contributed by atoms with van der Waals surface area (Å²) in [6.45, 7) is 6.50. The molecule has 4 nitrogen and oxygen atoms in total. The van der Waals surface area contributed by atoms with Crippen molar-refractivity contribution < 1.29 is 9.53 Å². The van der Waals surface area contributed by atoms with Gasteiger partial charge in [0.15, 0.2) is 0 Å². The molecule has 0 aliphatic carbocycles. The van der Waals surface area contributed by atoms with E-state index in [9.17, 15) is 4.79 Å². The Morgan fingerprint density at radius 1 is 1.25 bits per heavy atom. The van der Waals surface area contributed by atoms with Crippen molar-refractivity contribution in [3.05, 3.63) is 35.4 Å². The molecule has 4 unspecified atom stereocenters. The monoisotopic (exact) mass is 272 g/mol. The van der Waals surface area contributed by atoms with Gasteiger partial charge in [-0.1, -0.05) is 19.1 Å². The van der Waals surface area contributed by atoms with E-state index in [-0.39, 0.29) is 30.0 Å². The average Bonchev–Trinajstić information content (AvgIpc) is 2.70. The summed E-state index contributed by atoms with van der Waals surface area (Å²) < 4.78 is 5.69. The van der Waals surface area contributed by atoms with Crippen LogP contribution < -0.4 is 5.32 Å². The van der Waals surface area contributed by atoms with Crippen molar-refractivity contribution in [1.82, 2.24) is 5.32 Å². The Morgan fingerprint density at radius 2 is 1.90 bits per heavy atom. The number of hydrogen-bond donors (Lipinski definition) is 1. The Labute approximate surface area is 119 Å². The number of nitrogens with zero attached hydrogens (tertiary/aromatic N) is 1. The summed E-state index contributed by atoms with van der Waals surface area (Å²) in [6, 6.07) is 9.31. The summed E-state index contributed by atoms with van der Waals surface area (Å²) >= 11 is 0. The first-order chi connectivity index (χ1) is 9.52. The number of benzene rings is 1. The lowest BCUT2D eigenvalue weighted by molar-refractivity contribution is -0.127. The predicted octanol–water partition coefficient (Wildman–Crippen LogP) is 2.23. The van der Waals surface area contributed by atoms with E-state index >= 15 is 0 Å². The van der Waals surface area contributed by atoms with Gasteiger partial charge in [-0.25, -0.2) is 0 Å². The van der Waals surface area contributed by atoms with Gasteiger partial charge in [0.1, 0.15) is 0 Å². The Balaban J connectivity index is 1.93. The molecule has 0 spiro atoms. The topological polar surface area (TPSA) is 62.1 Å². The van der Waals surface area contributed by atoms with Gasteiger partial charge in [0, 0.05) is 6.54 Å². The van der Waals surface area contributed by atoms with E-state index in [1.165, 1.54) is 0 Å². The minimum atomic E-state index is -0.0941. The molecule has 1 fully saturated rings. The van der Waals surface area contributed by atoms with Crippen molar-refractivity contribution in [1.29, 1.82) is 5.26 Å². The molecule has 0 aromatic heterocycles. The maximum absolute atomic E-state index is 12.3. The molecule has 0 bridgehead atoms. The highest BCUT2D eigenvalue weighted by molar-refractivity contribution is 5.79. The molecule has 2 rings (SSSR count). The van der Waals surface area contributed by atoms with E-state index < -0.39 is 0 Å². The van der Waals surface area contributed by atoms with E-state index in [2.05, 4.69) is 18.3 Å². The van der Waals surface area contributed by atoms with Gasteiger partial charge in [-0.3, -0.25) is 4.79 Å². The highest BCUT2D eigenvalue weighted by Gasteiger charge is 2.41. The zero-order chi connectivity index (χ0) is 14.7. The third-order valence-electron chi connectivity index (χ3n) is 4.09. The Morgan fingerprint density at radius 3 is 2.40 bits per heavy atom. The number of ether oxygens (including phenoxy) is 1. The minimum absolute atomic E-state index is 0.0405. The number of nitriles is 1. The van der Waals surface area contributed by atoms with Crippen molar-refractivity contribution in [3.63, 3.8) is 0 Å². The molecular formula is C16H20N2O2. The Bertz CT molecular complexity index is 518. The number of amides is 1. The van der Waals surface area contributed by atoms with E-state index in [0.29, 0.717) is 12.1 Å². The second kappa shape index (κ2) is 6.06. The largest absolute Gasteiger partial charge is 0.374 e. The molecule has 1 saturated heterocycles. The summed E-state index contributed by atoms with van der Waals surface area (Å²) in [4.78, 5) is 12.3. The van der Waals surface area contributed by atoms with Crippen molar-refractivity contribution >= 4 is 5.91 Å². The van der Waals surface area contributed by atoms with Crippen LogP contribution in [0, 0.1) is 23.2 Å². The molecule has 1 aliphatic rings. The second-order valence-corrected chi connectivity index (χ2v) is 5.46. The fourth-order valence-corrected chi connectivity index (χ4v) is 2.72. The predicted molar refractivity (Wildman–Crippen MR) is 75.7 cm³/mol. The zero-order valence-electron chi connectivity index (χ0n) is 12.1. The Kier molecular flexibility index (Phi) is 4.41. The molecule has 1 amide bonds. The molecule has 1 N–H and O–H groups in total. The maximum atomic E-state index is 12.3. The van der Waals surface area contributed by atoms with Crippen LogP contribution >= 0.6 is 0 Å². The zero-order valence-corrected chi connectivity index (χ0v) is 12.1. The number of rotatable bonds is 3. The van der Waals surface area contributed by atoms with Gasteiger partial charge in [0.2, 0.25) is 5.91 Å². The molecule has 1 aliphatic heterocycles. The van der Waals surface area contributed by atoms with Crippen LogP contribution in [0.4, 0.5) is 0 Å². The maximum Gasteiger partial charge on any atom is 0.226 e. The number of hydrogen-bond acceptors (Lipinski definition) is 3. The highest BCUT2D eigenvalue weighted by Crippen LogP contribution is 2.32. The fourth-order valence-electron chi connectivity index (χ4n) is 2.72. The van der Waals surface area contributed by atoms with Crippen LogP contribution in [0.2, 0.25) is 0 Å². The minimum Gasteiger partial charge on any atom is -0.374 e. The van der Waals surface area contributed by atoms with Crippen molar-refractivity contribution in [2.45, 2.75) is 39.5 Å². The van der Waals surface area contributed by atoms with Gasteiger partial charge in [-0.2, -0.15) is 5.26 Å². The molecule has 4 atom stereocenters. The van der Waals surface area contributed by atoms with E-state index in [1.54, 1.807) is 12.1 Å². The number of carbonyl (C=O) groups is 1. The van der Waals surface area contributed by atoms with Crippen LogP contribution in [0.25, 0.3) is 0 Å². The van der Waals surface area contributed by atoms with Gasteiger partial charge in [-0.15, -0.1) is 0 Å². The third kappa shape index (κ3) is 3.00. The SMILES string of the molecule is CC1OC(C)C(C(=O)NCc2ccc(C#N)cc2)C1C. The van der Waals surface area contributed by atoms with Gasteiger partial charge in [-0.05, 0) is 37.5 Å². The smallest absolute Gasteiger partial charge is 0.226 e. The number of carbonyl (C=O) groups excluding carboxylic acids is 1. The first kappa shape index (κ1) is 14.5. The lowest BCUT2D eigenvalue weighted by Gasteiger charge is -2.18. The molecule has 1 aromatic rings. The van der Waals surface area contributed by atoms with Gasteiger partial charge in [0.05, 0.1) is 29.8 Å². The molecule has 106 valence electrons. The molecule has 4 heteroatoms. The fraction of sp³-hybridized carbons (Fsp3) is 0.500. The van der Waals surface area contributed by atoms with Crippen LogP contribution in [0.1, 0.15) is 31.9 Å². The first-order valence-corrected chi connectivity index (χ1v) is 6.95. The Hall–Kier alpha value is -1.86. The standard InChI is InChI=1S/C16H20N2O2/c1-10-11(2)20-12(3)15(10)16(19)18-9-14-6-4-13(8-17)5-7-14/h4-7,10-12,15H,9H2,1-3H3,(H,18,19). The summed E-state index contributed by atoms with van der Waals surface area (Å²) in [7, 11) is 0. The van der Waals surface area contributed by atoms with Crippen molar-refractivity contribution in [2.24, 2.45) is 11.8 Å². The lowest BCUT2D eigenvalue weighted by Crippen LogP contribution is -2.36. The van der Waals surface area contributed by atoms with Crippen LogP contribution in [-0.2, 0) is 16.1 Å². The van der Waals surface area contributed by atoms with Crippen molar-refractivity contribution in [2.75, 3.05) is 0 Å². The summed E-state index contributed by atoms with van der Waals surface area (Å²) in [5.74, 6) is 0.174. The van der Waals surface area contributed by atoms with Gasteiger partial charge >= 0.3 is 0 Å².